The lowest BCUT2D eigenvalue weighted by molar-refractivity contribution is -0.141. The van der Waals surface area contributed by atoms with Crippen molar-refractivity contribution in [2.75, 3.05) is 13.1 Å². The second kappa shape index (κ2) is 5.38. The van der Waals surface area contributed by atoms with Crippen LogP contribution in [0.3, 0.4) is 0 Å². The molecule has 0 aromatic carbocycles. The van der Waals surface area contributed by atoms with Gasteiger partial charge in [-0.25, -0.2) is 0 Å². The predicted molar refractivity (Wildman–Crippen MR) is 69.8 cm³/mol. The fourth-order valence-electron chi connectivity index (χ4n) is 3.24. The van der Waals surface area contributed by atoms with Crippen LogP contribution in [0, 0.1) is 11.8 Å². The van der Waals surface area contributed by atoms with E-state index in [4.69, 9.17) is 0 Å². The number of piperidine rings is 2. The maximum Gasteiger partial charge on any atom is 0.226 e. The molecular weight excluding hydrogens is 212 g/mol. The molecule has 3 nitrogen and oxygen atoms in total. The van der Waals surface area contributed by atoms with Crippen LogP contribution in [0.2, 0.25) is 0 Å². The zero-order chi connectivity index (χ0) is 12.4. The molecule has 0 aliphatic carbocycles. The number of hydrogen-bond acceptors (Lipinski definition) is 2. The minimum Gasteiger partial charge on any atom is -0.339 e. The normalized spacial score (nSPS) is 39.1. The largest absolute Gasteiger partial charge is 0.339 e. The Balaban J connectivity index is 1.98. The lowest BCUT2D eigenvalue weighted by Crippen LogP contribution is -2.51. The Hall–Kier alpha value is -0.570. The molecule has 0 spiro atoms. The Kier molecular flexibility index (Phi) is 4.08. The van der Waals surface area contributed by atoms with Crippen LogP contribution >= 0.6 is 0 Å². The first-order valence-corrected chi connectivity index (χ1v) is 7.13. The van der Waals surface area contributed by atoms with Gasteiger partial charge in [-0.3, -0.25) is 4.79 Å². The molecule has 0 aromatic rings. The van der Waals surface area contributed by atoms with Gasteiger partial charge in [0.15, 0.2) is 0 Å². The molecule has 3 heteroatoms. The average Bonchev–Trinajstić information content (AvgIpc) is 2.32. The number of likely N-dealkylation sites (tertiary alicyclic amines) is 1. The number of rotatable bonds is 1. The van der Waals surface area contributed by atoms with Crippen molar-refractivity contribution in [1.29, 1.82) is 0 Å². The van der Waals surface area contributed by atoms with Crippen LogP contribution in [-0.2, 0) is 4.79 Å². The molecule has 2 aliphatic rings. The average molecular weight is 238 g/mol. The van der Waals surface area contributed by atoms with Gasteiger partial charge in [0.05, 0.1) is 0 Å². The molecule has 0 bridgehead atoms. The molecule has 0 radical (unpaired) electrons. The van der Waals surface area contributed by atoms with Crippen molar-refractivity contribution in [3.63, 3.8) is 0 Å². The number of amides is 1. The molecule has 0 aromatic heterocycles. The summed E-state index contributed by atoms with van der Waals surface area (Å²) in [6, 6.07) is 0.927. The second-order valence-corrected chi connectivity index (χ2v) is 5.97. The minimum absolute atomic E-state index is 0.263. The Morgan fingerprint density at radius 1 is 1.24 bits per heavy atom. The third kappa shape index (κ3) is 2.82. The monoisotopic (exact) mass is 238 g/mol. The molecule has 2 fully saturated rings. The van der Waals surface area contributed by atoms with Gasteiger partial charge in [-0.05, 0) is 52.0 Å². The van der Waals surface area contributed by atoms with Crippen LogP contribution in [0.5, 0.6) is 0 Å². The third-order valence-electron chi connectivity index (χ3n) is 4.63. The van der Waals surface area contributed by atoms with E-state index in [1.54, 1.807) is 0 Å². The van der Waals surface area contributed by atoms with Crippen LogP contribution in [0.25, 0.3) is 0 Å². The Bertz CT molecular complexity index is 279. The highest BCUT2D eigenvalue weighted by Crippen LogP contribution is 2.27. The quantitative estimate of drug-likeness (QED) is 0.758. The number of hydrogen-bond donors (Lipinski definition) is 1. The molecule has 1 N–H and O–H groups in total. The summed E-state index contributed by atoms with van der Waals surface area (Å²) < 4.78 is 0. The van der Waals surface area contributed by atoms with Crippen LogP contribution in [0.15, 0.2) is 0 Å². The van der Waals surface area contributed by atoms with E-state index in [9.17, 15) is 4.79 Å². The summed E-state index contributed by atoms with van der Waals surface area (Å²) in [4.78, 5) is 14.7. The molecule has 2 saturated heterocycles. The molecule has 1 amide bonds. The number of carbonyl (C=O) groups excluding carboxylic acids is 1. The maximum atomic E-state index is 12.6. The fraction of sp³-hybridized carbons (Fsp3) is 0.929. The first kappa shape index (κ1) is 12.9. The second-order valence-electron chi connectivity index (χ2n) is 5.97. The minimum atomic E-state index is 0.263. The van der Waals surface area contributed by atoms with Gasteiger partial charge >= 0.3 is 0 Å². The highest BCUT2D eigenvalue weighted by molar-refractivity contribution is 5.79. The molecule has 17 heavy (non-hydrogen) atoms. The van der Waals surface area contributed by atoms with E-state index in [0.29, 0.717) is 23.9 Å². The smallest absolute Gasteiger partial charge is 0.226 e. The van der Waals surface area contributed by atoms with E-state index in [0.717, 1.165) is 25.9 Å². The summed E-state index contributed by atoms with van der Waals surface area (Å²) in [6.07, 6.45) is 4.47. The first-order chi connectivity index (χ1) is 8.09. The lowest BCUT2D eigenvalue weighted by atomic mass is 9.87. The highest BCUT2D eigenvalue weighted by atomic mass is 16.2. The standard InChI is InChI=1S/C14H26N2O/c1-10-5-4-8-16(12(10)3)14(17)13-6-7-15-11(2)9-13/h10-13,15H,4-9H2,1-3H3/t10?,11-,12?,13-/m0/s1. The van der Waals surface area contributed by atoms with Gasteiger partial charge in [-0.2, -0.15) is 0 Å². The van der Waals surface area contributed by atoms with Crippen molar-refractivity contribution in [3.05, 3.63) is 0 Å². The van der Waals surface area contributed by atoms with Crippen molar-refractivity contribution in [2.24, 2.45) is 11.8 Å². The zero-order valence-electron chi connectivity index (χ0n) is 11.4. The van der Waals surface area contributed by atoms with Gasteiger partial charge in [-0.15, -0.1) is 0 Å². The van der Waals surface area contributed by atoms with Crippen molar-refractivity contribution in [3.8, 4) is 0 Å². The van der Waals surface area contributed by atoms with Gasteiger partial charge in [0, 0.05) is 24.5 Å². The molecule has 2 unspecified atom stereocenters. The number of carbonyl (C=O) groups is 1. The van der Waals surface area contributed by atoms with E-state index in [-0.39, 0.29) is 5.92 Å². The number of nitrogens with zero attached hydrogens (tertiary/aromatic N) is 1. The van der Waals surface area contributed by atoms with Gasteiger partial charge in [0.2, 0.25) is 5.91 Å². The van der Waals surface area contributed by atoms with Crippen LogP contribution in [0.4, 0.5) is 0 Å². The van der Waals surface area contributed by atoms with Gasteiger partial charge in [0.25, 0.3) is 0 Å². The summed E-state index contributed by atoms with van der Waals surface area (Å²) in [5, 5.41) is 3.42. The molecule has 2 heterocycles. The van der Waals surface area contributed by atoms with Gasteiger partial charge < -0.3 is 10.2 Å². The van der Waals surface area contributed by atoms with Crippen LogP contribution in [0.1, 0.15) is 46.5 Å². The summed E-state index contributed by atoms with van der Waals surface area (Å²) in [6.45, 7) is 8.64. The third-order valence-corrected chi connectivity index (χ3v) is 4.63. The first-order valence-electron chi connectivity index (χ1n) is 7.13. The Morgan fingerprint density at radius 3 is 2.71 bits per heavy atom. The Labute approximate surface area is 105 Å². The van der Waals surface area contributed by atoms with Gasteiger partial charge in [-0.1, -0.05) is 6.92 Å². The van der Waals surface area contributed by atoms with E-state index in [1.807, 2.05) is 0 Å². The molecule has 98 valence electrons. The van der Waals surface area contributed by atoms with Crippen molar-refractivity contribution in [1.82, 2.24) is 10.2 Å². The van der Waals surface area contributed by atoms with Crippen LogP contribution < -0.4 is 5.32 Å². The summed E-state index contributed by atoms with van der Waals surface area (Å²) in [7, 11) is 0. The van der Waals surface area contributed by atoms with E-state index < -0.39 is 0 Å². The van der Waals surface area contributed by atoms with Gasteiger partial charge in [0.1, 0.15) is 0 Å². The molecular formula is C14H26N2O. The van der Waals surface area contributed by atoms with E-state index in [2.05, 4.69) is 31.0 Å². The predicted octanol–water partition coefficient (Wildman–Crippen LogP) is 2.02. The Morgan fingerprint density at radius 2 is 2.00 bits per heavy atom. The summed E-state index contributed by atoms with van der Waals surface area (Å²) in [5.74, 6) is 1.34. The van der Waals surface area contributed by atoms with Crippen LogP contribution in [-0.4, -0.2) is 36.0 Å². The lowest BCUT2D eigenvalue weighted by Gasteiger charge is -2.41. The molecule has 4 atom stereocenters. The zero-order valence-corrected chi connectivity index (χ0v) is 11.4. The molecule has 0 saturated carbocycles. The van der Waals surface area contributed by atoms with E-state index in [1.165, 1.54) is 12.8 Å². The van der Waals surface area contributed by atoms with Crippen molar-refractivity contribution < 1.29 is 4.79 Å². The summed E-state index contributed by atoms with van der Waals surface area (Å²) >= 11 is 0. The van der Waals surface area contributed by atoms with E-state index >= 15 is 0 Å². The molecule has 2 rings (SSSR count). The highest BCUT2D eigenvalue weighted by Gasteiger charge is 2.34. The number of nitrogens with one attached hydrogen (secondary N) is 1. The van der Waals surface area contributed by atoms with Crippen molar-refractivity contribution >= 4 is 5.91 Å². The SMILES string of the molecule is CC1CCCN(C(=O)[C@H]2CCN[C@@H](C)C2)C1C. The topological polar surface area (TPSA) is 32.3 Å². The molecule has 2 aliphatic heterocycles. The van der Waals surface area contributed by atoms with Crippen molar-refractivity contribution in [2.45, 2.75) is 58.5 Å². The maximum absolute atomic E-state index is 12.6. The summed E-state index contributed by atoms with van der Waals surface area (Å²) in [5.41, 5.74) is 0. The fourth-order valence-corrected chi connectivity index (χ4v) is 3.24.